The van der Waals surface area contributed by atoms with Gasteiger partial charge in [-0.25, -0.2) is 0 Å². The van der Waals surface area contributed by atoms with Crippen molar-refractivity contribution in [1.82, 2.24) is 9.80 Å². The van der Waals surface area contributed by atoms with E-state index >= 15 is 0 Å². The van der Waals surface area contributed by atoms with Crippen molar-refractivity contribution in [3.05, 3.63) is 82.2 Å². The zero-order valence-electron chi connectivity index (χ0n) is 32.5. The Morgan fingerprint density at radius 2 is 1.73 bits per heavy atom. The lowest BCUT2D eigenvalue weighted by Gasteiger charge is -2.33. The molecule has 0 radical (unpaired) electrons. The molecule has 0 bridgehead atoms. The topological polar surface area (TPSA) is 68.3 Å². The Bertz CT molecular complexity index is 1460. The standard InChI is InChI=1S/C28H38N2O3.C6H12O2.C5H6S.C2H6/c1-9-14-30(28(10-2)12-13-28)27(31)21(5)24-18-33-26-17-25(32-8)22(16-23(26)20(24)4)19(3)11-15-29(6)7;1-5(7)8-6(2,3)4;1-5-2-3-6-4-5;1-2/h11,15-17H,3,5,9-10,12-14,18H2,1-2,4,6-8H3;1-4H3;2-4H,1H3;1-2H3/b15-11-;;;. The van der Waals surface area contributed by atoms with Gasteiger partial charge in [0.05, 0.1) is 7.11 Å². The highest BCUT2D eigenvalue weighted by molar-refractivity contribution is 7.07. The van der Waals surface area contributed by atoms with E-state index in [1.54, 1.807) is 18.4 Å². The third kappa shape index (κ3) is 13.2. The fourth-order valence-corrected chi connectivity index (χ4v) is 5.91. The highest BCUT2D eigenvalue weighted by Crippen LogP contribution is 2.46. The maximum atomic E-state index is 13.5. The second-order valence-corrected chi connectivity index (χ2v) is 14.0. The molecule has 4 rings (SSSR count). The number of benzene rings is 1. The van der Waals surface area contributed by atoms with Crippen LogP contribution in [0.3, 0.4) is 0 Å². The molecule has 1 fully saturated rings. The van der Waals surface area contributed by atoms with E-state index < -0.39 is 0 Å². The van der Waals surface area contributed by atoms with Crippen molar-refractivity contribution in [2.24, 2.45) is 0 Å². The molecule has 1 aromatic carbocycles. The quantitative estimate of drug-likeness (QED) is 0.140. The van der Waals surface area contributed by atoms with Gasteiger partial charge in [-0.2, -0.15) is 11.3 Å². The highest BCUT2D eigenvalue weighted by Gasteiger charge is 2.48. The van der Waals surface area contributed by atoms with Gasteiger partial charge in [-0.1, -0.05) is 40.9 Å². The summed E-state index contributed by atoms with van der Waals surface area (Å²) in [6, 6.07) is 6.05. The fourth-order valence-electron chi connectivity index (χ4n) is 5.25. The molecule has 0 saturated heterocycles. The first-order valence-corrected chi connectivity index (χ1v) is 18.2. The monoisotopic (exact) mass is 694 g/mol. The highest BCUT2D eigenvalue weighted by atomic mass is 32.1. The Labute approximate surface area is 301 Å². The summed E-state index contributed by atoms with van der Waals surface area (Å²) in [6.07, 6.45) is 7.98. The molecule has 0 unspecified atom stereocenters. The second kappa shape index (κ2) is 20.0. The van der Waals surface area contributed by atoms with Gasteiger partial charge in [-0.05, 0) is 112 Å². The Hall–Kier alpha value is -3.78. The molecule has 0 atom stereocenters. The molecule has 1 aliphatic heterocycles. The Kier molecular flexibility index (Phi) is 17.7. The smallest absolute Gasteiger partial charge is 0.303 e. The van der Waals surface area contributed by atoms with Crippen LogP contribution in [-0.4, -0.2) is 67.2 Å². The Morgan fingerprint density at radius 3 is 2.12 bits per heavy atom. The first-order valence-electron chi connectivity index (χ1n) is 17.3. The summed E-state index contributed by atoms with van der Waals surface area (Å²) in [7, 11) is 5.58. The zero-order valence-corrected chi connectivity index (χ0v) is 33.4. The average molecular weight is 695 g/mol. The number of ether oxygens (including phenoxy) is 3. The van der Waals surface area contributed by atoms with Crippen molar-refractivity contribution < 1.29 is 23.8 Å². The van der Waals surface area contributed by atoms with Gasteiger partial charge in [0.25, 0.3) is 5.91 Å². The number of fused-ring (bicyclic) bond motifs is 1. The number of esters is 1. The van der Waals surface area contributed by atoms with Gasteiger partial charge in [0, 0.05) is 61.4 Å². The second-order valence-electron chi connectivity index (χ2n) is 13.3. The number of rotatable bonds is 10. The normalized spacial score (nSPS) is 13.9. The van der Waals surface area contributed by atoms with Crippen LogP contribution in [0.5, 0.6) is 11.5 Å². The summed E-state index contributed by atoms with van der Waals surface area (Å²) in [6.45, 7) is 28.9. The van der Waals surface area contributed by atoms with Crippen LogP contribution in [0.25, 0.3) is 11.1 Å². The lowest BCUT2D eigenvalue weighted by Crippen LogP contribution is -2.43. The van der Waals surface area contributed by atoms with Crippen molar-refractivity contribution >= 4 is 34.4 Å². The van der Waals surface area contributed by atoms with Gasteiger partial charge in [-0.3, -0.25) is 9.59 Å². The maximum Gasteiger partial charge on any atom is 0.303 e. The van der Waals surface area contributed by atoms with Crippen molar-refractivity contribution in [3.8, 4) is 11.5 Å². The van der Waals surface area contributed by atoms with Gasteiger partial charge < -0.3 is 24.0 Å². The number of hydrogen-bond acceptors (Lipinski definition) is 7. The molecular formula is C41H62N2O5S. The molecule has 0 N–H and O–H groups in total. The zero-order chi connectivity index (χ0) is 37.5. The van der Waals surface area contributed by atoms with Crippen LogP contribution in [0.1, 0.15) is 105 Å². The third-order valence-corrected chi connectivity index (χ3v) is 8.74. The first-order chi connectivity index (χ1) is 23.0. The summed E-state index contributed by atoms with van der Waals surface area (Å²) in [4.78, 5) is 27.8. The molecule has 49 heavy (non-hydrogen) atoms. The van der Waals surface area contributed by atoms with Gasteiger partial charge in [0.2, 0.25) is 0 Å². The van der Waals surface area contributed by atoms with Crippen LogP contribution in [0, 0.1) is 6.92 Å². The number of thiophene rings is 1. The number of nitrogens with zero attached hydrogens (tertiary/aromatic N) is 2. The van der Waals surface area contributed by atoms with E-state index in [4.69, 9.17) is 14.2 Å². The summed E-state index contributed by atoms with van der Waals surface area (Å²) >= 11 is 1.74. The molecule has 2 heterocycles. The van der Waals surface area contributed by atoms with Crippen LogP contribution in [-0.2, 0) is 14.3 Å². The number of hydrogen-bond donors (Lipinski definition) is 0. The van der Waals surface area contributed by atoms with Crippen molar-refractivity contribution in [3.63, 3.8) is 0 Å². The number of amides is 1. The largest absolute Gasteiger partial charge is 0.496 e. The molecule has 2 aliphatic rings. The Balaban J connectivity index is 0.000000617. The number of aryl methyl sites for hydroxylation is 1. The van der Waals surface area contributed by atoms with Crippen LogP contribution in [0.15, 0.2) is 65.5 Å². The molecule has 272 valence electrons. The molecular weight excluding hydrogens is 633 g/mol. The lowest BCUT2D eigenvalue weighted by molar-refractivity contribution is -0.151. The SMILES string of the molecule is C=C(C(=O)N(CCC)C1(CC)CC1)C1=C(C)c2cc(C(=C)/C=C\N(C)C)c(OC)cc2OC1.CC.CC(=O)OC(C)(C)C.Cc1ccsc1. The van der Waals surface area contributed by atoms with E-state index in [2.05, 4.69) is 55.7 Å². The number of carbonyl (C=O) groups excluding carboxylic acids is 2. The average Bonchev–Trinajstić information content (AvgIpc) is 3.70. The Morgan fingerprint density at radius 1 is 1.10 bits per heavy atom. The molecule has 7 nitrogen and oxygen atoms in total. The minimum atomic E-state index is -0.328. The number of allylic oxidation sites excluding steroid dienone is 3. The molecule has 1 saturated carbocycles. The van der Waals surface area contributed by atoms with Crippen LogP contribution in [0.2, 0.25) is 0 Å². The van der Waals surface area contributed by atoms with Crippen LogP contribution < -0.4 is 9.47 Å². The van der Waals surface area contributed by atoms with Gasteiger partial charge in [0.1, 0.15) is 23.7 Å². The van der Waals surface area contributed by atoms with E-state index in [9.17, 15) is 9.59 Å². The first kappa shape index (κ1) is 43.2. The van der Waals surface area contributed by atoms with E-state index in [0.29, 0.717) is 17.9 Å². The summed E-state index contributed by atoms with van der Waals surface area (Å²) in [5, 5.41) is 4.20. The van der Waals surface area contributed by atoms with E-state index in [1.807, 2.05) is 84.9 Å². The molecule has 1 amide bonds. The predicted octanol–water partition coefficient (Wildman–Crippen LogP) is 10.1. The number of methoxy groups -OCH3 is 1. The van der Waals surface area contributed by atoms with Gasteiger partial charge >= 0.3 is 5.97 Å². The van der Waals surface area contributed by atoms with Crippen molar-refractivity contribution in [1.29, 1.82) is 0 Å². The predicted molar refractivity (Wildman–Crippen MR) is 208 cm³/mol. The minimum absolute atomic E-state index is 0.00891. The molecule has 1 aromatic heterocycles. The van der Waals surface area contributed by atoms with E-state index in [0.717, 1.165) is 65.8 Å². The lowest BCUT2D eigenvalue weighted by atomic mass is 9.90. The van der Waals surface area contributed by atoms with Crippen LogP contribution >= 0.6 is 11.3 Å². The number of carbonyl (C=O) groups is 2. The minimum Gasteiger partial charge on any atom is -0.496 e. The third-order valence-electron chi connectivity index (χ3n) is 7.94. The van der Waals surface area contributed by atoms with E-state index in [1.165, 1.54) is 12.5 Å². The fraction of sp³-hybridized carbons (Fsp3) is 0.512. The van der Waals surface area contributed by atoms with Gasteiger partial charge in [-0.15, -0.1) is 0 Å². The molecule has 2 aromatic rings. The molecule has 1 aliphatic carbocycles. The van der Waals surface area contributed by atoms with Gasteiger partial charge in [0.15, 0.2) is 0 Å². The molecule has 0 spiro atoms. The summed E-state index contributed by atoms with van der Waals surface area (Å²) < 4.78 is 16.5. The van der Waals surface area contributed by atoms with Crippen molar-refractivity contribution in [2.45, 2.75) is 106 Å². The van der Waals surface area contributed by atoms with E-state index in [-0.39, 0.29) is 23.0 Å². The van der Waals surface area contributed by atoms with Crippen molar-refractivity contribution in [2.75, 3.05) is 34.4 Å². The summed E-state index contributed by atoms with van der Waals surface area (Å²) in [5.74, 6) is 1.27. The van der Waals surface area contributed by atoms with Crippen LogP contribution in [0.4, 0.5) is 0 Å². The summed E-state index contributed by atoms with van der Waals surface area (Å²) in [5.41, 5.74) is 6.14. The maximum absolute atomic E-state index is 13.5. The molecule has 8 heteroatoms.